The van der Waals surface area contributed by atoms with Gasteiger partial charge in [0.2, 0.25) is 0 Å². The first-order valence-electron chi connectivity index (χ1n) is 8.32. The lowest BCUT2D eigenvalue weighted by atomic mass is 10.2. The summed E-state index contributed by atoms with van der Waals surface area (Å²) in [5, 5.41) is 2.55. The molecular formula is C20H16ClFN2O4S. The quantitative estimate of drug-likeness (QED) is 0.596. The summed E-state index contributed by atoms with van der Waals surface area (Å²) in [4.78, 5) is 12.2. The molecule has 0 aromatic heterocycles. The van der Waals surface area contributed by atoms with Gasteiger partial charge in [0.25, 0.3) is 15.9 Å². The van der Waals surface area contributed by atoms with Crippen LogP contribution in [0, 0.1) is 5.82 Å². The Balaban J connectivity index is 1.85. The first kappa shape index (κ1) is 20.6. The summed E-state index contributed by atoms with van der Waals surface area (Å²) in [5.74, 6) is -0.869. The highest BCUT2D eigenvalue weighted by atomic mass is 35.5. The lowest BCUT2D eigenvalue weighted by Crippen LogP contribution is -2.16. The molecule has 0 aliphatic heterocycles. The Bertz CT molecular complexity index is 1150. The fourth-order valence-corrected chi connectivity index (χ4v) is 3.72. The summed E-state index contributed by atoms with van der Waals surface area (Å²) in [5.41, 5.74) is 0.184. The summed E-state index contributed by atoms with van der Waals surface area (Å²) in [6.07, 6.45) is 0. The predicted molar refractivity (Wildman–Crippen MR) is 110 cm³/mol. The third-order valence-corrected chi connectivity index (χ3v) is 5.67. The van der Waals surface area contributed by atoms with Crippen molar-refractivity contribution in [2.24, 2.45) is 0 Å². The Kier molecular flexibility index (Phi) is 6.05. The number of amides is 1. The van der Waals surface area contributed by atoms with Crippen molar-refractivity contribution in [3.8, 4) is 5.75 Å². The van der Waals surface area contributed by atoms with E-state index in [0.29, 0.717) is 11.4 Å². The number of ether oxygens (including phenoxy) is 1. The molecule has 2 N–H and O–H groups in total. The second-order valence-corrected chi connectivity index (χ2v) is 8.00. The van der Waals surface area contributed by atoms with E-state index in [9.17, 15) is 17.6 Å². The first-order valence-corrected chi connectivity index (χ1v) is 10.2. The number of halogens is 2. The van der Waals surface area contributed by atoms with Crippen LogP contribution in [0.25, 0.3) is 0 Å². The minimum atomic E-state index is -3.96. The molecule has 0 aliphatic rings. The average molecular weight is 435 g/mol. The number of methoxy groups -OCH3 is 1. The molecule has 0 unspecified atom stereocenters. The molecule has 0 saturated heterocycles. The van der Waals surface area contributed by atoms with Crippen LogP contribution >= 0.6 is 11.6 Å². The number of rotatable bonds is 6. The zero-order valence-electron chi connectivity index (χ0n) is 15.1. The number of hydrogen-bond donors (Lipinski definition) is 2. The van der Waals surface area contributed by atoms with E-state index in [4.69, 9.17) is 16.3 Å². The third kappa shape index (κ3) is 4.85. The third-order valence-electron chi connectivity index (χ3n) is 3.96. The molecule has 150 valence electrons. The van der Waals surface area contributed by atoms with E-state index >= 15 is 0 Å². The Hall–Kier alpha value is -3.10. The maximum absolute atomic E-state index is 13.8. The van der Waals surface area contributed by atoms with Crippen molar-refractivity contribution in [2.75, 3.05) is 17.1 Å². The van der Waals surface area contributed by atoms with E-state index < -0.39 is 21.7 Å². The van der Waals surface area contributed by atoms with Crippen LogP contribution in [0.4, 0.5) is 15.8 Å². The maximum atomic E-state index is 13.8. The normalized spacial score (nSPS) is 11.0. The lowest BCUT2D eigenvalue weighted by molar-refractivity contribution is 0.102. The number of carbonyl (C=O) groups excluding carboxylic acids is 1. The van der Waals surface area contributed by atoms with Gasteiger partial charge in [0.15, 0.2) is 0 Å². The van der Waals surface area contributed by atoms with Crippen LogP contribution in [-0.4, -0.2) is 21.4 Å². The molecule has 0 saturated carbocycles. The Morgan fingerprint density at radius 1 is 1.03 bits per heavy atom. The summed E-state index contributed by atoms with van der Waals surface area (Å²) in [6, 6.07) is 15.6. The standard InChI is InChI=1S/C20H16ClFN2O4S/c1-28-14-8-6-13(7-9-14)24-29(26,27)15-10-11-17(21)19(12-15)23-20(25)16-4-2-3-5-18(16)22/h2-12,24H,1H3,(H,23,25). The number of nitrogens with one attached hydrogen (secondary N) is 2. The van der Waals surface area contributed by atoms with Crippen molar-refractivity contribution in [3.63, 3.8) is 0 Å². The van der Waals surface area contributed by atoms with Crippen LogP contribution in [0.2, 0.25) is 5.02 Å². The number of hydrogen-bond acceptors (Lipinski definition) is 4. The monoisotopic (exact) mass is 434 g/mol. The van der Waals surface area contributed by atoms with Gasteiger partial charge < -0.3 is 10.1 Å². The Labute approximate surface area is 172 Å². The van der Waals surface area contributed by atoms with Crippen molar-refractivity contribution in [1.82, 2.24) is 0 Å². The van der Waals surface area contributed by atoms with Gasteiger partial charge in [-0.05, 0) is 54.6 Å². The van der Waals surface area contributed by atoms with Crippen LogP contribution < -0.4 is 14.8 Å². The number of carbonyl (C=O) groups is 1. The van der Waals surface area contributed by atoms with Crippen molar-refractivity contribution < 1.29 is 22.3 Å². The van der Waals surface area contributed by atoms with Gasteiger partial charge in [0.1, 0.15) is 11.6 Å². The zero-order valence-corrected chi connectivity index (χ0v) is 16.7. The fraction of sp³-hybridized carbons (Fsp3) is 0.0500. The van der Waals surface area contributed by atoms with Crippen molar-refractivity contribution in [2.45, 2.75) is 4.90 Å². The van der Waals surface area contributed by atoms with E-state index in [2.05, 4.69) is 10.0 Å². The molecule has 3 aromatic carbocycles. The van der Waals surface area contributed by atoms with Crippen LogP contribution in [0.3, 0.4) is 0 Å². The van der Waals surface area contributed by atoms with Crippen LogP contribution in [0.1, 0.15) is 10.4 Å². The average Bonchev–Trinajstić information content (AvgIpc) is 2.70. The van der Waals surface area contributed by atoms with Gasteiger partial charge in [-0.3, -0.25) is 9.52 Å². The Morgan fingerprint density at radius 3 is 2.38 bits per heavy atom. The van der Waals surface area contributed by atoms with E-state index in [-0.39, 0.29) is 21.2 Å². The van der Waals surface area contributed by atoms with E-state index in [1.165, 1.54) is 43.5 Å². The maximum Gasteiger partial charge on any atom is 0.261 e. The second kappa shape index (κ2) is 8.50. The molecule has 0 atom stereocenters. The number of benzene rings is 3. The highest BCUT2D eigenvalue weighted by Crippen LogP contribution is 2.27. The highest BCUT2D eigenvalue weighted by Gasteiger charge is 2.18. The van der Waals surface area contributed by atoms with Gasteiger partial charge in [0.05, 0.1) is 28.3 Å². The summed E-state index contributed by atoms with van der Waals surface area (Å²) >= 11 is 6.07. The Morgan fingerprint density at radius 2 is 1.72 bits per heavy atom. The molecule has 0 bridgehead atoms. The van der Waals surface area contributed by atoms with Crippen molar-refractivity contribution >= 4 is 38.9 Å². The topological polar surface area (TPSA) is 84.5 Å². The lowest BCUT2D eigenvalue weighted by Gasteiger charge is -2.12. The van der Waals surface area contributed by atoms with E-state index in [1.54, 1.807) is 24.3 Å². The molecule has 0 fully saturated rings. The van der Waals surface area contributed by atoms with E-state index in [0.717, 1.165) is 6.07 Å². The van der Waals surface area contributed by atoms with Gasteiger partial charge in [-0.2, -0.15) is 0 Å². The van der Waals surface area contributed by atoms with Gasteiger partial charge in [0, 0.05) is 5.69 Å². The molecule has 6 nitrogen and oxygen atoms in total. The summed E-state index contributed by atoms with van der Waals surface area (Å²) in [6.45, 7) is 0. The molecule has 29 heavy (non-hydrogen) atoms. The van der Waals surface area contributed by atoms with Crippen molar-refractivity contribution in [3.05, 3.63) is 83.1 Å². The van der Waals surface area contributed by atoms with E-state index in [1.807, 2.05) is 0 Å². The molecule has 3 aromatic rings. The van der Waals surface area contributed by atoms with Gasteiger partial charge in [-0.25, -0.2) is 12.8 Å². The second-order valence-electron chi connectivity index (χ2n) is 5.91. The van der Waals surface area contributed by atoms with Gasteiger partial charge in [-0.15, -0.1) is 0 Å². The van der Waals surface area contributed by atoms with Crippen molar-refractivity contribution in [1.29, 1.82) is 0 Å². The molecule has 0 aliphatic carbocycles. The first-order chi connectivity index (χ1) is 13.8. The highest BCUT2D eigenvalue weighted by molar-refractivity contribution is 7.92. The van der Waals surface area contributed by atoms with Gasteiger partial charge >= 0.3 is 0 Å². The summed E-state index contributed by atoms with van der Waals surface area (Å²) < 4.78 is 46.6. The molecule has 3 rings (SSSR count). The molecular weight excluding hydrogens is 419 g/mol. The molecule has 0 spiro atoms. The van der Waals surface area contributed by atoms with Crippen LogP contribution in [0.15, 0.2) is 71.6 Å². The molecule has 1 amide bonds. The number of sulfonamides is 1. The van der Waals surface area contributed by atoms with Crippen LogP contribution in [-0.2, 0) is 10.0 Å². The van der Waals surface area contributed by atoms with Crippen LogP contribution in [0.5, 0.6) is 5.75 Å². The molecule has 9 heteroatoms. The van der Waals surface area contributed by atoms with Gasteiger partial charge in [-0.1, -0.05) is 23.7 Å². The fourth-order valence-electron chi connectivity index (χ4n) is 2.48. The number of anilines is 2. The zero-order chi connectivity index (χ0) is 21.0. The smallest absolute Gasteiger partial charge is 0.261 e. The summed E-state index contributed by atoms with van der Waals surface area (Å²) in [7, 11) is -2.45. The molecule has 0 heterocycles. The predicted octanol–water partition coefficient (Wildman–Crippen LogP) is 4.54. The minimum Gasteiger partial charge on any atom is -0.497 e. The SMILES string of the molecule is COc1ccc(NS(=O)(=O)c2ccc(Cl)c(NC(=O)c3ccccc3F)c2)cc1. The largest absolute Gasteiger partial charge is 0.497 e. The molecule has 0 radical (unpaired) electrons. The minimum absolute atomic E-state index is 0.0394.